The predicted molar refractivity (Wildman–Crippen MR) is 195 cm³/mol. The number of H-pyrrole nitrogens is 2. The number of rotatable bonds is 4. The number of esters is 2. The summed E-state index contributed by atoms with van der Waals surface area (Å²) >= 11 is 0. The Kier molecular flexibility index (Phi) is 7.45. The van der Waals surface area contributed by atoms with Crippen LogP contribution in [0.25, 0.3) is 21.8 Å². The molecule has 2 saturated heterocycles. The zero-order valence-electron chi connectivity index (χ0n) is 29.7. The molecule has 50 heavy (non-hydrogen) atoms. The number of benzene rings is 2. The Morgan fingerprint density at radius 3 is 1.52 bits per heavy atom. The van der Waals surface area contributed by atoms with E-state index in [1.807, 2.05) is 0 Å². The average molecular weight is 673 g/mol. The topological polar surface area (TPSA) is 90.7 Å². The Labute approximate surface area is 293 Å². The lowest BCUT2D eigenvalue weighted by Gasteiger charge is -2.53. The molecule has 2 aliphatic carbocycles. The number of ether oxygens (including phenoxy) is 2. The zero-order chi connectivity index (χ0) is 34.4. The number of hydrogen-bond donors (Lipinski definition) is 2. The fourth-order valence-corrected chi connectivity index (χ4v) is 11.4. The third-order valence-corrected chi connectivity index (χ3v) is 13.1. The van der Waals surface area contributed by atoms with Crippen LogP contribution in [0.2, 0.25) is 0 Å². The number of methoxy groups -OCH3 is 2. The molecular formula is C42H48N4O4. The van der Waals surface area contributed by atoms with Gasteiger partial charge in [-0.1, -0.05) is 73.5 Å². The van der Waals surface area contributed by atoms with Crippen LogP contribution in [0.4, 0.5) is 0 Å². The molecule has 2 fully saturated rings. The third-order valence-electron chi connectivity index (χ3n) is 13.1. The number of carbonyl (C=O) groups is 2. The highest BCUT2D eigenvalue weighted by atomic mass is 16.5. The summed E-state index contributed by atoms with van der Waals surface area (Å²) in [7, 11) is 3.07. The number of piperidine rings is 2. The molecule has 8 aliphatic rings. The van der Waals surface area contributed by atoms with Gasteiger partial charge in [-0.15, -0.1) is 0 Å². The van der Waals surface area contributed by atoms with E-state index >= 15 is 0 Å². The Morgan fingerprint density at radius 1 is 0.700 bits per heavy atom. The Morgan fingerprint density at radius 2 is 1.12 bits per heavy atom. The highest BCUT2D eigenvalue weighted by molar-refractivity contribution is 5.93. The predicted octanol–water partition coefficient (Wildman–Crippen LogP) is 6.35. The van der Waals surface area contributed by atoms with E-state index in [2.05, 4.69) is 94.3 Å². The molecule has 6 aliphatic heterocycles. The summed E-state index contributed by atoms with van der Waals surface area (Å²) in [5.41, 5.74) is 8.72. The van der Waals surface area contributed by atoms with Crippen LogP contribution in [0.1, 0.15) is 62.0 Å². The van der Waals surface area contributed by atoms with Crippen molar-refractivity contribution in [3.05, 3.63) is 94.3 Å². The van der Waals surface area contributed by atoms with Gasteiger partial charge in [-0.2, -0.15) is 0 Å². The molecule has 0 spiro atoms. The maximum absolute atomic E-state index is 13.2. The van der Waals surface area contributed by atoms with Gasteiger partial charge in [0.2, 0.25) is 0 Å². The molecule has 4 aromatic rings. The smallest absolute Gasteiger partial charge is 0.319 e. The number of para-hydroxylation sites is 2. The van der Waals surface area contributed by atoms with Crippen molar-refractivity contribution in [1.82, 2.24) is 19.8 Å². The number of aromatic nitrogens is 2. The molecule has 2 aromatic carbocycles. The number of carbonyl (C=O) groups excluding carboxylic acids is 2. The van der Waals surface area contributed by atoms with Gasteiger partial charge in [-0.05, 0) is 73.6 Å². The van der Waals surface area contributed by atoms with Crippen LogP contribution in [0.5, 0.6) is 0 Å². The van der Waals surface area contributed by atoms with E-state index in [4.69, 9.17) is 9.47 Å². The van der Waals surface area contributed by atoms with Gasteiger partial charge in [0.25, 0.3) is 0 Å². The second kappa shape index (κ2) is 11.7. The van der Waals surface area contributed by atoms with Crippen molar-refractivity contribution >= 4 is 33.7 Å². The molecule has 0 amide bonds. The Bertz CT molecular complexity index is 1940. The summed E-state index contributed by atoms with van der Waals surface area (Å²) in [6, 6.07) is 17.1. The first-order valence-corrected chi connectivity index (χ1v) is 18.6. The van der Waals surface area contributed by atoms with Crippen LogP contribution >= 0.6 is 0 Å². The standard InChI is InChI=1S/2C21H24N2O2/c2*1-3-14-10-13-11-21(20(24)25-2)18-16(8-9-23(12-13)19(14)21)15-6-4-5-7-17(15)22-18/h2*4-7,10,13,19,22H,3,8-9,11-12H2,1-2H3/t2*13-,19+,21-/m00/s1. The molecule has 8 atom stereocenters. The van der Waals surface area contributed by atoms with Gasteiger partial charge in [0.1, 0.15) is 10.8 Å². The molecule has 2 unspecified atom stereocenters. The maximum Gasteiger partial charge on any atom is 0.319 e. The van der Waals surface area contributed by atoms with Gasteiger partial charge in [-0.25, -0.2) is 0 Å². The largest absolute Gasteiger partial charge is 0.468 e. The molecule has 2 N–H and O–H groups in total. The van der Waals surface area contributed by atoms with Crippen LogP contribution in [0.3, 0.4) is 0 Å². The van der Waals surface area contributed by atoms with Crippen LogP contribution in [0, 0.1) is 11.8 Å². The van der Waals surface area contributed by atoms with Gasteiger partial charge < -0.3 is 19.4 Å². The molecule has 8 heterocycles. The lowest BCUT2D eigenvalue weighted by molar-refractivity contribution is -0.154. The van der Waals surface area contributed by atoms with Crippen molar-refractivity contribution < 1.29 is 19.1 Å². The Hall–Kier alpha value is -4.14. The quantitative estimate of drug-likeness (QED) is 0.194. The summed E-state index contributed by atoms with van der Waals surface area (Å²) in [6.45, 7) is 8.55. The van der Waals surface area contributed by atoms with Crippen molar-refractivity contribution in [2.24, 2.45) is 11.8 Å². The molecule has 12 rings (SSSR count). The van der Waals surface area contributed by atoms with Gasteiger partial charge in [0.05, 0.1) is 26.3 Å². The Balaban J connectivity index is 0.000000135. The van der Waals surface area contributed by atoms with Gasteiger partial charge >= 0.3 is 11.9 Å². The summed E-state index contributed by atoms with van der Waals surface area (Å²) in [5, 5.41) is 2.51. The minimum Gasteiger partial charge on any atom is -0.468 e. The lowest BCUT2D eigenvalue weighted by atomic mass is 9.60. The van der Waals surface area contributed by atoms with Gasteiger partial charge in [0, 0.05) is 59.4 Å². The van der Waals surface area contributed by atoms with E-state index in [0.29, 0.717) is 11.8 Å². The van der Waals surface area contributed by atoms with Crippen LogP contribution in [-0.2, 0) is 42.7 Å². The van der Waals surface area contributed by atoms with E-state index < -0.39 is 10.8 Å². The SMILES string of the molecule is CCC1=C[C@@H]2CN3CCc4c([nH]c5ccccc45)[C@@](C(=O)OC)(C2)[C@@H]13.CCC1=C[C@@H]2CN3CCc4c([nH]c5ccccc45)[C@@](C(=O)OC)(C2)[C@@H]13. The summed E-state index contributed by atoms with van der Waals surface area (Å²) < 4.78 is 10.8. The molecule has 2 aromatic heterocycles. The van der Waals surface area contributed by atoms with E-state index in [0.717, 1.165) is 87.1 Å². The second-order valence-electron chi connectivity index (χ2n) is 15.4. The first kappa shape index (κ1) is 31.8. The van der Waals surface area contributed by atoms with Crippen LogP contribution in [-0.4, -0.2) is 84.2 Å². The van der Waals surface area contributed by atoms with Crippen LogP contribution in [0.15, 0.2) is 71.8 Å². The van der Waals surface area contributed by atoms with Crippen molar-refractivity contribution in [2.45, 2.75) is 75.3 Å². The molecule has 0 saturated carbocycles. The number of nitrogens with zero attached hydrogens (tertiary/aromatic N) is 2. The average Bonchev–Trinajstić information content (AvgIpc) is 3.68. The molecular weight excluding hydrogens is 624 g/mol. The fourth-order valence-electron chi connectivity index (χ4n) is 11.4. The minimum absolute atomic E-state index is 0.0824. The normalized spacial score (nSPS) is 32.9. The van der Waals surface area contributed by atoms with Crippen molar-refractivity contribution in [3.8, 4) is 0 Å². The summed E-state index contributed by atoms with van der Waals surface area (Å²) in [4.78, 5) is 38.8. The molecule has 8 nitrogen and oxygen atoms in total. The van der Waals surface area contributed by atoms with E-state index in [-0.39, 0.29) is 24.0 Å². The first-order valence-electron chi connectivity index (χ1n) is 18.6. The van der Waals surface area contributed by atoms with Crippen molar-refractivity contribution in [3.63, 3.8) is 0 Å². The van der Waals surface area contributed by atoms with Crippen molar-refractivity contribution in [1.29, 1.82) is 0 Å². The highest BCUT2D eigenvalue weighted by Gasteiger charge is 2.62. The molecule has 260 valence electrons. The van der Waals surface area contributed by atoms with E-state index in [1.54, 1.807) is 0 Å². The first-order chi connectivity index (χ1) is 24.4. The molecule has 8 bridgehead atoms. The van der Waals surface area contributed by atoms with Gasteiger partial charge in [0.15, 0.2) is 0 Å². The summed E-state index contributed by atoms with van der Waals surface area (Å²) in [6.07, 6.45) is 10.5. The maximum atomic E-state index is 13.2. The highest BCUT2D eigenvalue weighted by Crippen LogP contribution is 2.54. The summed E-state index contributed by atoms with van der Waals surface area (Å²) in [5.74, 6) is 0.690. The van der Waals surface area contributed by atoms with Gasteiger partial charge in [-0.3, -0.25) is 19.4 Å². The molecule has 8 heteroatoms. The van der Waals surface area contributed by atoms with Crippen molar-refractivity contribution in [2.75, 3.05) is 40.4 Å². The monoisotopic (exact) mass is 672 g/mol. The third kappa shape index (κ3) is 4.24. The number of nitrogens with one attached hydrogen (secondary N) is 2. The number of hydrogen-bond acceptors (Lipinski definition) is 6. The molecule has 0 radical (unpaired) electrons. The minimum atomic E-state index is -0.595. The second-order valence-corrected chi connectivity index (χ2v) is 15.4. The lowest BCUT2D eigenvalue weighted by Crippen LogP contribution is -2.63. The van der Waals surface area contributed by atoms with E-state index in [9.17, 15) is 9.59 Å². The fraction of sp³-hybridized carbons (Fsp3) is 0.476. The number of aromatic amines is 2. The van der Waals surface area contributed by atoms with Crippen LogP contribution < -0.4 is 0 Å². The number of fused-ring (bicyclic) bond motifs is 6. The zero-order valence-corrected chi connectivity index (χ0v) is 29.7. The van der Waals surface area contributed by atoms with E-state index in [1.165, 1.54) is 47.3 Å².